The fourth-order valence-electron chi connectivity index (χ4n) is 3.09. The first-order chi connectivity index (χ1) is 15.0. The number of fused-ring (bicyclic) bond motifs is 1. The number of benzene rings is 3. The van der Waals surface area contributed by atoms with Crippen LogP contribution in [0, 0.1) is 6.92 Å². The number of nitrogens with one attached hydrogen (secondary N) is 1. The summed E-state index contributed by atoms with van der Waals surface area (Å²) in [5.41, 5.74) is 4.00. The van der Waals surface area contributed by atoms with E-state index in [0.717, 1.165) is 21.8 Å². The Hall–Kier alpha value is -2.60. The summed E-state index contributed by atoms with van der Waals surface area (Å²) in [4.78, 5) is 16.9. The second-order valence-corrected chi connectivity index (χ2v) is 9.02. The molecule has 4 aromatic rings. The van der Waals surface area contributed by atoms with E-state index < -0.39 is 0 Å². The zero-order valence-electron chi connectivity index (χ0n) is 16.8. The second-order valence-electron chi connectivity index (χ2n) is 7.14. The van der Waals surface area contributed by atoms with Crippen molar-refractivity contribution in [3.8, 4) is 16.3 Å². The van der Waals surface area contributed by atoms with E-state index >= 15 is 0 Å². The number of halogens is 2. The molecule has 7 heteroatoms. The molecule has 0 radical (unpaired) electrons. The highest BCUT2D eigenvalue weighted by atomic mass is 35.5. The average molecular weight is 471 g/mol. The van der Waals surface area contributed by atoms with Crippen molar-refractivity contribution in [1.82, 2.24) is 4.98 Å². The van der Waals surface area contributed by atoms with Gasteiger partial charge in [-0.05, 0) is 73.5 Å². The van der Waals surface area contributed by atoms with Gasteiger partial charge < -0.3 is 10.1 Å². The van der Waals surface area contributed by atoms with Crippen molar-refractivity contribution >= 4 is 56.3 Å². The van der Waals surface area contributed by atoms with Crippen LogP contribution in [0.25, 0.3) is 20.8 Å². The first-order valence-electron chi connectivity index (χ1n) is 9.83. The molecule has 0 bridgehead atoms. The maximum atomic E-state index is 12.2. The number of rotatable bonds is 7. The van der Waals surface area contributed by atoms with Crippen LogP contribution < -0.4 is 10.1 Å². The summed E-state index contributed by atoms with van der Waals surface area (Å²) < 4.78 is 6.78. The third kappa shape index (κ3) is 5.56. The van der Waals surface area contributed by atoms with E-state index in [0.29, 0.717) is 35.2 Å². The van der Waals surface area contributed by atoms with Gasteiger partial charge in [-0.2, -0.15) is 0 Å². The molecule has 1 heterocycles. The van der Waals surface area contributed by atoms with Crippen LogP contribution in [0.5, 0.6) is 5.75 Å². The highest BCUT2D eigenvalue weighted by Crippen LogP contribution is 2.31. The van der Waals surface area contributed by atoms with Gasteiger partial charge in [-0.15, -0.1) is 11.3 Å². The third-order valence-electron chi connectivity index (χ3n) is 4.66. The number of carbonyl (C=O) groups excluding carboxylic acids is 1. The highest BCUT2D eigenvalue weighted by molar-refractivity contribution is 7.21. The van der Waals surface area contributed by atoms with E-state index in [1.54, 1.807) is 29.5 Å². The van der Waals surface area contributed by atoms with Crippen molar-refractivity contribution in [1.29, 1.82) is 0 Å². The lowest BCUT2D eigenvalue weighted by Crippen LogP contribution is -2.12. The second kappa shape index (κ2) is 9.69. The molecule has 3 aromatic carbocycles. The predicted molar refractivity (Wildman–Crippen MR) is 130 cm³/mol. The number of thiazole rings is 1. The number of nitrogens with zero attached hydrogens (tertiary/aromatic N) is 1. The summed E-state index contributed by atoms with van der Waals surface area (Å²) >= 11 is 13.6. The minimum Gasteiger partial charge on any atom is -0.492 e. The predicted octanol–water partition coefficient (Wildman–Crippen LogP) is 7.38. The number of hydrogen-bond donors (Lipinski definition) is 1. The first kappa shape index (κ1) is 21.6. The van der Waals surface area contributed by atoms with Gasteiger partial charge in [0, 0.05) is 22.7 Å². The Kier molecular flexibility index (Phi) is 6.76. The summed E-state index contributed by atoms with van der Waals surface area (Å²) in [6.07, 6.45) is 0.929. The molecule has 0 spiro atoms. The van der Waals surface area contributed by atoms with Crippen LogP contribution in [0.2, 0.25) is 10.0 Å². The van der Waals surface area contributed by atoms with E-state index in [1.807, 2.05) is 24.3 Å². The van der Waals surface area contributed by atoms with Gasteiger partial charge in [0.15, 0.2) is 0 Å². The van der Waals surface area contributed by atoms with Gasteiger partial charge in [0.05, 0.1) is 21.8 Å². The Bertz CT molecular complexity index is 1220. The Morgan fingerprint density at radius 2 is 1.87 bits per heavy atom. The summed E-state index contributed by atoms with van der Waals surface area (Å²) in [6.45, 7) is 2.46. The van der Waals surface area contributed by atoms with Gasteiger partial charge in [-0.1, -0.05) is 29.3 Å². The molecule has 4 nitrogen and oxygen atoms in total. The van der Waals surface area contributed by atoms with E-state index in [2.05, 4.69) is 30.4 Å². The largest absolute Gasteiger partial charge is 0.492 e. The minimum atomic E-state index is -0.0611. The van der Waals surface area contributed by atoms with Gasteiger partial charge in [-0.3, -0.25) is 4.79 Å². The molecule has 158 valence electrons. The molecule has 0 fully saturated rings. The normalized spacial score (nSPS) is 10.9. The third-order valence-corrected chi connectivity index (χ3v) is 6.27. The van der Waals surface area contributed by atoms with Gasteiger partial charge in [-0.25, -0.2) is 4.98 Å². The minimum absolute atomic E-state index is 0.0611. The fraction of sp³-hybridized carbons (Fsp3) is 0.167. The number of aromatic nitrogens is 1. The molecular weight excluding hydrogens is 451 g/mol. The number of ether oxygens (including phenoxy) is 1. The van der Waals surface area contributed by atoms with Gasteiger partial charge in [0.1, 0.15) is 10.8 Å². The van der Waals surface area contributed by atoms with Gasteiger partial charge in [0.2, 0.25) is 5.91 Å². The topological polar surface area (TPSA) is 51.2 Å². The average Bonchev–Trinajstić information content (AvgIpc) is 3.16. The van der Waals surface area contributed by atoms with Crippen molar-refractivity contribution in [3.05, 3.63) is 76.3 Å². The van der Waals surface area contributed by atoms with Crippen molar-refractivity contribution in [2.24, 2.45) is 0 Å². The van der Waals surface area contributed by atoms with Crippen LogP contribution in [-0.4, -0.2) is 17.5 Å². The van der Waals surface area contributed by atoms with Crippen molar-refractivity contribution in [2.75, 3.05) is 11.9 Å². The molecule has 0 aliphatic rings. The van der Waals surface area contributed by atoms with Crippen LogP contribution in [0.1, 0.15) is 18.4 Å². The lowest BCUT2D eigenvalue weighted by atomic mass is 10.2. The Balaban J connectivity index is 1.28. The number of hydrogen-bond acceptors (Lipinski definition) is 4. The van der Waals surface area contributed by atoms with Crippen LogP contribution in [-0.2, 0) is 4.79 Å². The molecule has 1 aromatic heterocycles. The molecule has 0 aliphatic carbocycles. The first-order valence-corrected chi connectivity index (χ1v) is 11.4. The van der Waals surface area contributed by atoms with Crippen molar-refractivity contribution in [3.63, 3.8) is 0 Å². The summed E-state index contributed by atoms with van der Waals surface area (Å²) in [5.74, 6) is 0.501. The Morgan fingerprint density at radius 3 is 2.65 bits per heavy atom. The number of anilines is 1. The van der Waals surface area contributed by atoms with E-state index in [9.17, 15) is 4.79 Å². The molecule has 31 heavy (non-hydrogen) atoms. The van der Waals surface area contributed by atoms with Crippen molar-refractivity contribution in [2.45, 2.75) is 19.8 Å². The van der Waals surface area contributed by atoms with E-state index in [1.165, 1.54) is 10.3 Å². The van der Waals surface area contributed by atoms with E-state index in [-0.39, 0.29) is 5.91 Å². The molecule has 0 saturated heterocycles. The highest BCUT2D eigenvalue weighted by Gasteiger charge is 2.08. The molecule has 1 amide bonds. The quantitative estimate of drug-likeness (QED) is 0.286. The maximum Gasteiger partial charge on any atom is 0.224 e. The fourth-order valence-corrected chi connectivity index (χ4v) is 4.50. The SMILES string of the molecule is Cc1ccc2sc(-c3ccc(NC(=O)CCCOc4ccc(Cl)cc4Cl)cc3)nc2c1. The number of carbonyl (C=O) groups is 1. The lowest BCUT2D eigenvalue weighted by molar-refractivity contribution is -0.116. The van der Waals surface area contributed by atoms with E-state index in [4.69, 9.17) is 32.9 Å². The maximum absolute atomic E-state index is 12.2. The van der Waals surface area contributed by atoms with Crippen LogP contribution in [0.15, 0.2) is 60.7 Å². The van der Waals surface area contributed by atoms with Crippen LogP contribution >= 0.6 is 34.5 Å². The molecule has 0 aliphatic heterocycles. The Labute approximate surface area is 194 Å². The molecule has 0 saturated carbocycles. The molecule has 0 atom stereocenters. The summed E-state index contributed by atoms with van der Waals surface area (Å²) in [6, 6.07) is 19.1. The van der Waals surface area contributed by atoms with Crippen molar-refractivity contribution < 1.29 is 9.53 Å². The van der Waals surface area contributed by atoms with Crippen LogP contribution in [0.4, 0.5) is 5.69 Å². The number of aryl methyl sites for hydroxylation is 1. The number of amides is 1. The lowest BCUT2D eigenvalue weighted by Gasteiger charge is -2.09. The smallest absolute Gasteiger partial charge is 0.224 e. The summed E-state index contributed by atoms with van der Waals surface area (Å²) in [7, 11) is 0. The van der Waals surface area contributed by atoms with Gasteiger partial charge in [0.25, 0.3) is 0 Å². The van der Waals surface area contributed by atoms with Crippen LogP contribution in [0.3, 0.4) is 0 Å². The molecular formula is C24H20Cl2N2O2S. The van der Waals surface area contributed by atoms with Gasteiger partial charge >= 0.3 is 0 Å². The molecule has 0 unspecified atom stereocenters. The monoisotopic (exact) mass is 470 g/mol. The summed E-state index contributed by atoms with van der Waals surface area (Å²) in [5, 5.41) is 4.90. The molecule has 1 N–H and O–H groups in total. The standard InChI is InChI=1S/C24H20Cl2N2O2S/c1-15-4-11-22-20(13-15)28-24(31-22)16-5-8-18(9-6-16)27-23(29)3-2-12-30-21-10-7-17(25)14-19(21)26/h4-11,13-14H,2-3,12H2,1H3,(H,27,29). The Morgan fingerprint density at radius 1 is 1.06 bits per heavy atom. The molecule has 4 rings (SSSR count). The zero-order chi connectivity index (χ0) is 21.8. The zero-order valence-corrected chi connectivity index (χ0v) is 19.2.